The van der Waals surface area contributed by atoms with Crippen LogP contribution in [0.4, 0.5) is 0 Å². The molecule has 0 N–H and O–H groups in total. The van der Waals surface area contributed by atoms with Gasteiger partial charge >= 0.3 is 0 Å². The Morgan fingerprint density at radius 2 is 1.92 bits per heavy atom. The molecule has 2 heterocycles. The highest BCUT2D eigenvalue weighted by molar-refractivity contribution is 5.66. The Morgan fingerprint density at radius 3 is 2.62 bits per heavy atom. The van der Waals surface area contributed by atoms with Gasteiger partial charge in [0.05, 0.1) is 6.20 Å². The van der Waals surface area contributed by atoms with Crippen molar-refractivity contribution in [3.8, 4) is 0 Å². The van der Waals surface area contributed by atoms with Gasteiger partial charge in [-0.3, -0.25) is 4.98 Å². The third-order valence-electron chi connectivity index (χ3n) is 1.60. The highest BCUT2D eigenvalue weighted by atomic mass is 16.3. The van der Waals surface area contributed by atoms with Crippen molar-refractivity contribution in [1.29, 1.82) is 0 Å². The van der Waals surface area contributed by atoms with E-state index < -0.39 is 0 Å². The predicted octanol–water partition coefficient (Wildman–Crippen LogP) is 2.24. The maximum Gasteiger partial charge on any atom is 0.181 e. The first kappa shape index (κ1) is 7.73. The van der Waals surface area contributed by atoms with Crippen molar-refractivity contribution in [3.63, 3.8) is 0 Å². The van der Waals surface area contributed by atoms with E-state index in [0.29, 0.717) is 0 Å². The van der Waals surface area contributed by atoms with Crippen LogP contribution in [-0.2, 0) is 0 Å². The fraction of sp³-hybridized carbons (Fsp3) is 0. The van der Waals surface area contributed by atoms with Gasteiger partial charge in [-0.15, -0.1) is 0 Å². The zero-order valence-electron chi connectivity index (χ0n) is 6.92. The van der Waals surface area contributed by atoms with Crippen LogP contribution in [0.5, 0.6) is 0 Å². The molecule has 0 unspecified atom stereocenters. The highest BCUT2D eigenvalue weighted by Gasteiger charge is 1.88. The van der Waals surface area contributed by atoms with Crippen LogP contribution in [0.25, 0.3) is 12.2 Å². The predicted molar refractivity (Wildman–Crippen MR) is 49.7 cm³/mol. The number of rotatable bonds is 2. The summed E-state index contributed by atoms with van der Waals surface area (Å²) in [6.07, 6.45) is 10.4. The van der Waals surface area contributed by atoms with E-state index in [1.165, 1.54) is 6.39 Å². The minimum Gasteiger partial charge on any atom is -0.444 e. The van der Waals surface area contributed by atoms with Gasteiger partial charge in [0, 0.05) is 12.4 Å². The van der Waals surface area contributed by atoms with Crippen LogP contribution in [0.1, 0.15) is 11.3 Å². The maximum atomic E-state index is 5.04. The monoisotopic (exact) mass is 172 g/mol. The lowest BCUT2D eigenvalue weighted by atomic mass is 10.2. The topological polar surface area (TPSA) is 38.9 Å². The summed E-state index contributed by atoms with van der Waals surface area (Å²) >= 11 is 0. The van der Waals surface area contributed by atoms with Crippen molar-refractivity contribution in [3.05, 3.63) is 48.4 Å². The molecule has 13 heavy (non-hydrogen) atoms. The first-order chi connectivity index (χ1) is 6.45. The number of nitrogens with zero attached hydrogens (tertiary/aromatic N) is 2. The average Bonchev–Trinajstić information content (AvgIpc) is 2.69. The fourth-order valence-corrected chi connectivity index (χ4v) is 0.961. The molecule has 0 aromatic carbocycles. The molecular weight excluding hydrogens is 164 g/mol. The van der Waals surface area contributed by atoms with Gasteiger partial charge in [0.25, 0.3) is 0 Å². The highest BCUT2D eigenvalue weighted by Crippen LogP contribution is 2.05. The normalized spacial score (nSPS) is 10.8. The van der Waals surface area contributed by atoms with Crippen LogP contribution in [0, 0.1) is 0 Å². The summed E-state index contributed by atoms with van der Waals surface area (Å²) in [6, 6.07) is 3.85. The first-order valence-electron chi connectivity index (χ1n) is 3.92. The molecular formula is C10H8N2O. The summed E-state index contributed by atoms with van der Waals surface area (Å²) < 4.78 is 5.04. The van der Waals surface area contributed by atoms with Gasteiger partial charge < -0.3 is 4.42 Å². The van der Waals surface area contributed by atoms with Gasteiger partial charge in [-0.1, -0.05) is 6.08 Å². The fourth-order valence-electron chi connectivity index (χ4n) is 0.961. The number of oxazole rings is 1. The lowest BCUT2D eigenvalue weighted by molar-refractivity contribution is 0.548. The number of aromatic nitrogens is 2. The van der Waals surface area contributed by atoms with Crippen LogP contribution in [0.3, 0.4) is 0 Å². The minimum atomic E-state index is 0.747. The summed E-state index contributed by atoms with van der Waals surface area (Å²) in [5, 5.41) is 0. The first-order valence-corrected chi connectivity index (χ1v) is 3.92. The quantitative estimate of drug-likeness (QED) is 0.697. The molecule has 0 saturated carbocycles. The maximum absolute atomic E-state index is 5.04. The molecule has 0 bridgehead atoms. The molecule has 3 heteroatoms. The van der Waals surface area contributed by atoms with Crippen LogP contribution in [-0.4, -0.2) is 9.97 Å². The Balaban J connectivity index is 2.15. The van der Waals surface area contributed by atoms with E-state index in [2.05, 4.69) is 9.97 Å². The van der Waals surface area contributed by atoms with Crippen LogP contribution >= 0.6 is 0 Å². The van der Waals surface area contributed by atoms with E-state index in [1.54, 1.807) is 18.6 Å². The molecule has 0 aliphatic heterocycles. The van der Waals surface area contributed by atoms with Crippen molar-refractivity contribution >= 4 is 12.2 Å². The number of hydrogen-bond donors (Lipinski definition) is 0. The largest absolute Gasteiger partial charge is 0.444 e. The average molecular weight is 172 g/mol. The molecule has 2 aromatic heterocycles. The molecule has 3 nitrogen and oxygen atoms in total. The van der Waals surface area contributed by atoms with E-state index >= 15 is 0 Å². The molecule has 0 radical (unpaired) electrons. The standard InChI is InChI=1S/C10H8N2O/c1(2-10-7-12-8-13-10)9-3-5-11-6-4-9/h1-8H/b2-1+. The summed E-state index contributed by atoms with van der Waals surface area (Å²) in [5.41, 5.74) is 1.09. The van der Waals surface area contributed by atoms with Crippen LogP contribution in [0.2, 0.25) is 0 Å². The van der Waals surface area contributed by atoms with Crippen LogP contribution in [0.15, 0.2) is 41.5 Å². The van der Waals surface area contributed by atoms with Crippen LogP contribution < -0.4 is 0 Å². The zero-order chi connectivity index (χ0) is 8.93. The molecule has 0 spiro atoms. The Bertz CT molecular complexity index is 379. The van der Waals surface area contributed by atoms with Crippen molar-refractivity contribution in [2.24, 2.45) is 0 Å². The number of pyridine rings is 1. The van der Waals surface area contributed by atoms with E-state index in [0.717, 1.165) is 11.3 Å². The summed E-state index contributed by atoms with van der Waals surface area (Å²) in [6.45, 7) is 0. The third-order valence-corrected chi connectivity index (χ3v) is 1.60. The smallest absolute Gasteiger partial charge is 0.181 e. The minimum absolute atomic E-state index is 0.747. The molecule has 0 amide bonds. The molecule has 0 atom stereocenters. The lowest BCUT2D eigenvalue weighted by Crippen LogP contribution is -1.71. The van der Waals surface area contributed by atoms with Gasteiger partial charge in [0.15, 0.2) is 6.39 Å². The molecule has 0 aliphatic rings. The summed E-state index contributed by atoms with van der Waals surface area (Å²) in [4.78, 5) is 7.72. The van der Waals surface area contributed by atoms with E-state index in [-0.39, 0.29) is 0 Å². The Kier molecular flexibility index (Phi) is 2.18. The van der Waals surface area contributed by atoms with Gasteiger partial charge in [-0.25, -0.2) is 4.98 Å². The second-order valence-corrected chi connectivity index (χ2v) is 2.52. The Labute approximate surface area is 75.8 Å². The van der Waals surface area contributed by atoms with Gasteiger partial charge in [-0.2, -0.15) is 0 Å². The molecule has 0 aliphatic carbocycles. The number of hydrogen-bond acceptors (Lipinski definition) is 3. The van der Waals surface area contributed by atoms with E-state index in [9.17, 15) is 0 Å². The van der Waals surface area contributed by atoms with Crippen molar-refractivity contribution in [2.45, 2.75) is 0 Å². The molecule has 2 rings (SSSR count). The summed E-state index contributed by atoms with van der Waals surface area (Å²) in [5.74, 6) is 0.747. The second-order valence-electron chi connectivity index (χ2n) is 2.52. The second kappa shape index (κ2) is 3.67. The van der Waals surface area contributed by atoms with Crippen molar-refractivity contribution in [1.82, 2.24) is 9.97 Å². The van der Waals surface area contributed by atoms with Gasteiger partial charge in [-0.05, 0) is 23.8 Å². The van der Waals surface area contributed by atoms with E-state index in [1.807, 2.05) is 24.3 Å². The van der Waals surface area contributed by atoms with Gasteiger partial charge in [0.2, 0.25) is 0 Å². The molecule has 2 aromatic rings. The SMILES string of the molecule is C(=C\c1cnco1)/c1ccncc1. The van der Waals surface area contributed by atoms with Crippen molar-refractivity contribution in [2.75, 3.05) is 0 Å². The van der Waals surface area contributed by atoms with E-state index in [4.69, 9.17) is 4.42 Å². The Morgan fingerprint density at radius 1 is 1.08 bits per heavy atom. The van der Waals surface area contributed by atoms with Gasteiger partial charge in [0.1, 0.15) is 5.76 Å². The zero-order valence-corrected chi connectivity index (χ0v) is 6.92. The molecule has 0 saturated heterocycles. The third kappa shape index (κ3) is 2.02. The molecule has 64 valence electrons. The summed E-state index contributed by atoms with van der Waals surface area (Å²) in [7, 11) is 0. The Hall–Kier alpha value is -1.90. The lowest BCUT2D eigenvalue weighted by Gasteiger charge is -1.88. The molecule has 0 fully saturated rings. The van der Waals surface area contributed by atoms with Crippen molar-refractivity contribution < 1.29 is 4.42 Å².